The van der Waals surface area contributed by atoms with Crippen LogP contribution in [0.3, 0.4) is 0 Å². The van der Waals surface area contributed by atoms with Gasteiger partial charge in [0.1, 0.15) is 5.75 Å². The second-order valence-electron chi connectivity index (χ2n) is 5.17. The first-order valence-electron chi connectivity index (χ1n) is 7.14. The van der Waals surface area contributed by atoms with Crippen LogP contribution >= 0.6 is 23.5 Å². The lowest BCUT2D eigenvalue weighted by molar-refractivity contribution is 0.179. The molecule has 0 aliphatic carbocycles. The van der Waals surface area contributed by atoms with Crippen molar-refractivity contribution in [2.24, 2.45) is 0 Å². The van der Waals surface area contributed by atoms with E-state index >= 15 is 0 Å². The molecule has 112 valence electrons. The third kappa shape index (κ3) is 4.06. The van der Waals surface area contributed by atoms with E-state index in [2.05, 4.69) is 25.8 Å². The molecular formula is C15H23NO2S2. The molecule has 0 amide bonds. The third-order valence-corrected chi connectivity index (χ3v) is 6.96. The van der Waals surface area contributed by atoms with E-state index in [0.29, 0.717) is 17.1 Å². The van der Waals surface area contributed by atoms with Gasteiger partial charge in [-0.3, -0.25) is 4.98 Å². The number of ether oxygens (including phenoxy) is 1. The van der Waals surface area contributed by atoms with Crippen LogP contribution in [0.25, 0.3) is 0 Å². The fourth-order valence-electron chi connectivity index (χ4n) is 2.08. The molecule has 0 saturated carbocycles. The van der Waals surface area contributed by atoms with E-state index in [1.165, 1.54) is 0 Å². The number of aliphatic hydroxyl groups excluding tert-OH is 1. The number of hydrogen-bond donors (Lipinski definition) is 1. The highest BCUT2D eigenvalue weighted by atomic mass is 32.2. The summed E-state index contributed by atoms with van der Waals surface area (Å²) in [5.41, 5.74) is 0.860. The number of thioether (sulfide) groups is 2. The summed E-state index contributed by atoms with van der Waals surface area (Å²) in [5, 5.41) is 12.0. The first kappa shape index (κ1) is 16.0. The summed E-state index contributed by atoms with van der Waals surface area (Å²) < 4.78 is 5.59. The fraction of sp³-hybridized carbons (Fsp3) is 0.667. The molecular weight excluding hydrogens is 290 g/mol. The van der Waals surface area contributed by atoms with Crippen LogP contribution in [0.4, 0.5) is 0 Å². The predicted molar refractivity (Wildman–Crippen MR) is 87.7 cm³/mol. The quantitative estimate of drug-likeness (QED) is 0.901. The van der Waals surface area contributed by atoms with Crippen LogP contribution in [-0.2, 0) is 0 Å². The van der Waals surface area contributed by atoms with Crippen LogP contribution in [0, 0.1) is 0 Å². The zero-order valence-corrected chi connectivity index (χ0v) is 13.9. The average Bonchev–Trinajstić information content (AvgIpc) is 2.47. The minimum absolute atomic E-state index is 0.231. The molecule has 4 atom stereocenters. The maximum atomic E-state index is 10.6. The lowest BCUT2D eigenvalue weighted by Crippen LogP contribution is -2.30. The van der Waals surface area contributed by atoms with Crippen molar-refractivity contribution in [2.45, 2.75) is 49.0 Å². The van der Waals surface area contributed by atoms with Crippen LogP contribution in [0.15, 0.2) is 18.5 Å². The second kappa shape index (κ2) is 7.57. The number of nitrogens with zero attached hydrogens (tertiary/aromatic N) is 1. The lowest BCUT2D eigenvalue weighted by Gasteiger charge is -2.33. The van der Waals surface area contributed by atoms with Crippen molar-refractivity contribution in [1.82, 2.24) is 4.98 Å². The van der Waals surface area contributed by atoms with Gasteiger partial charge in [-0.2, -0.15) is 23.5 Å². The molecule has 1 aromatic rings. The van der Waals surface area contributed by atoms with Gasteiger partial charge in [-0.05, 0) is 12.5 Å². The van der Waals surface area contributed by atoms with Crippen LogP contribution in [0.1, 0.15) is 38.9 Å². The maximum Gasteiger partial charge on any atom is 0.137 e. The number of rotatable bonds is 5. The predicted octanol–water partition coefficient (Wildman–Crippen LogP) is 3.53. The van der Waals surface area contributed by atoms with E-state index in [1.54, 1.807) is 12.4 Å². The zero-order valence-electron chi connectivity index (χ0n) is 12.3. The van der Waals surface area contributed by atoms with E-state index in [4.69, 9.17) is 4.74 Å². The molecule has 1 aliphatic heterocycles. The van der Waals surface area contributed by atoms with E-state index in [9.17, 15) is 5.11 Å². The number of pyridine rings is 1. The second-order valence-corrected chi connectivity index (χ2v) is 8.20. The minimum Gasteiger partial charge on any atom is -0.492 e. The smallest absolute Gasteiger partial charge is 0.137 e. The largest absolute Gasteiger partial charge is 0.492 e. The molecule has 1 fully saturated rings. The third-order valence-electron chi connectivity index (χ3n) is 3.47. The van der Waals surface area contributed by atoms with Crippen molar-refractivity contribution in [3.63, 3.8) is 0 Å². The molecule has 2 heterocycles. The topological polar surface area (TPSA) is 42.4 Å². The maximum absolute atomic E-state index is 10.6. The van der Waals surface area contributed by atoms with E-state index in [1.807, 2.05) is 29.6 Å². The molecule has 0 radical (unpaired) electrons. The molecule has 0 spiro atoms. The first-order chi connectivity index (χ1) is 9.61. The highest BCUT2D eigenvalue weighted by Gasteiger charge is 2.31. The molecule has 4 unspecified atom stereocenters. The van der Waals surface area contributed by atoms with Gasteiger partial charge >= 0.3 is 0 Å². The Morgan fingerprint density at radius 3 is 2.90 bits per heavy atom. The van der Waals surface area contributed by atoms with Gasteiger partial charge in [0.15, 0.2) is 0 Å². The van der Waals surface area contributed by atoms with Gasteiger partial charge in [0.05, 0.1) is 18.9 Å². The van der Waals surface area contributed by atoms with Gasteiger partial charge in [0.25, 0.3) is 0 Å². The van der Waals surface area contributed by atoms with Crippen molar-refractivity contribution in [1.29, 1.82) is 0 Å². The summed E-state index contributed by atoms with van der Waals surface area (Å²) in [6.07, 6.45) is 3.95. The molecule has 3 nitrogen and oxygen atoms in total. The summed E-state index contributed by atoms with van der Waals surface area (Å²) in [5.74, 6) is 1.73. The Morgan fingerprint density at radius 1 is 1.40 bits per heavy atom. The molecule has 20 heavy (non-hydrogen) atoms. The Balaban J connectivity index is 2.03. The Labute approximate surface area is 129 Å². The Kier molecular flexibility index (Phi) is 6.05. The minimum atomic E-state index is -0.472. The molecule has 1 saturated heterocycles. The average molecular weight is 313 g/mol. The van der Waals surface area contributed by atoms with Gasteiger partial charge < -0.3 is 9.84 Å². The highest BCUT2D eigenvalue weighted by Crippen LogP contribution is 2.41. The molecule has 5 heteroatoms. The van der Waals surface area contributed by atoms with E-state index in [0.717, 1.165) is 23.5 Å². The Bertz CT molecular complexity index is 430. The zero-order chi connectivity index (χ0) is 14.5. The lowest BCUT2D eigenvalue weighted by atomic mass is 10.1. The van der Waals surface area contributed by atoms with Crippen molar-refractivity contribution >= 4 is 23.5 Å². The van der Waals surface area contributed by atoms with E-state index < -0.39 is 6.10 Å². The molecule has 0 bridgehead atoms. The standard InChI is InChI=1S/C15H23NO2S2/c1-4-5-18-13-6-12(7-16-8-13)15(17)14-9-19-10(2)11(3)20-14/h6-8,10-11,14-15,17H,4-5,9H2,1-3H3. The van der Waals surface area contributed by atoms with Crippen molar-refractivity contribution in [2.75, 3.05) is 12.4 Å². The molecule has 1 N–H and O–H groups in total. The van der Waals surface area contributed by atoms with Gasteiger partial charge in [0.2, 0.25) is 0 Å². The Hall–Kier alpha value is -0.390. The summed E-state index contributed by atoms with van der Waals surface area (Å²) in [4.78, 5) is 4.19. The molecule has 1 aliphatic rings. The Morgan fingerprint density at radius 2 is 2.20 bits per heavy atom. The monoisotopic (exact) mass is 313 g/mol. The fourth-order valence-corrected chi connectivity index (χ4v) is 5.09. The highest BCUT2D eigenvalue weighted by molar-refractivity contribution is 8.07. The van der Waals surface area contributed by atoms with Gasteiger partial charge in [-0.25, -0.2) is 0 Å². The van der Waals surface area contributed by atoms with Crippen LogP contribution < -0.4 is 4.74 Å². The van der Waals surface area contributed by atoms with Crippen LogP contribution in [0.5, 0.6) is 5.75 Å². The van der Waals surface area contributed by atoms with Gasteiger partial charge in [0, 0.05) is 33.3 Å². The van der Waals surface area contributed by atoms with Crippen LogP contribution in [0.2, 0.25) is 0 Å². The van der Waals surface area contributed by atoms with Gasteiger partial charge in [-0.15, -0.1) is 0 Å². The summed E-state index contributed by atoms with van der Waals surface area (Å²) in [6, 6.07) is 1.92. The molecule has 1 aromatic heterocycles. The normalized spacial score (nSPS) is 28.1. The van der Waals surface area contributed by atoms with Crippen LogP contribution in [-0.4, -0.2) is 38.2 Å². The summed E-state index contributed by atoms with van der Waals surface area (Å²) in [6.45, 7) is 7.25. The van der Waals surface area contributed by atoms with Crippen molar-refractivity contribution in [3.05, 3.63) is 24.0 Å². The number of aromatic nitrogens is 1. The summed E-state index contributed by atoms with van der Waals surface area (Å²) in [7, 11) is 0. The first-order valence-corrected chi connectivity index (χ1v) is 9.13. The van der Waals surface area contributed by atoms with Gasteiger partial charge in [-0.1, -0.05) is 20.8 Å². The number of aliphatic hydroxyl groups is 1. The van der Waals surface area contributed by atoms with Crippen molar-refractivity contribution in [3.8, 4) is 5.75 Å². The summed E-state index contributed by atoms with van der Waals surface area (Å²) >= 11 is 3.82. The number of hydrogen-bond acceptors (Lipinski definition) is 5. The molecule has 0 aromatic carbocycles. The molecule has 2 rings (SSSR count). The van der Waals surface area contributed by atoms with Crippen molar-refractivity contribution < 1.29 is 9.84 Å². The van der Waals surface area contributed by atoms with E-state index in [-0.39, 0.29) is 5.25 Å². The SMILES string of the molecule is CCCOc1cncc(C(O)C2CSC(C)C(C)S2)c1.